The second-order valence-electron chi connectivity index (χ2n) is 3.52. The molecule has 1 aromatic rings. The van der Waals surface area contributed by atoms with Crippen LogP contribution in [0.2, 0.25) is 5.02 Å². The maximum Gasteiger partial charge on any atom is 0.326 e. The molecular weight excluding hydrogens is 323 g/mol. The number of carbonyl (C=O) groups is 2. The number of aliphatic carboxylic acids is 1. The van der Waals surface area contributed by atoms with Crippen LogP contribution in [-0.2, 0) is 4.79 Å². The quantitative estimate of drug-likeness (QED) is 0.791. The van der Waals surface area contributed by atoms with Gasteiger partial charge in [-0.05, 0) is 24.6 Å². The van der Waals surface area contributed by atoms with Crippen molar-refractivity contribution in [1.82, 2.24) is 5.32 Å². The van der Waals surface area contributed by atoms with Gasteiger partial charge in [0.2, 0.25) is 0 Å². The number of rotatable bonds is 4. The molecule has 3 N–H and O–H groups in total. The van der Waals surface area contributed by atoms with E-state index in [0.29, 0.717) is 17.1 Å². The van der Waals surface area contributed by atoms with Crippen LogP contribution in [0.5, 0.6) is 0 Å². The van der Waals surface area contributed by atoms with Gasteiger partial charge in [-0.25, -0.2) is 9.59 Å². The van der Waals surface area contributed by atoms with Crippen LogP contribution in [0.3, 0.4) is 0 Å². The maximum absolute atomic E-state index is 11.6. The van der Waals surface area contributed by atoms with E-state index in [9.17, 15) is 9.59 Å². The summed E-state index contributed by atoms with van der Waals surface area (Å²) in [5.41, 5.74) is 0.406. The Bertz CT molecular complexity index is 468. The number of halogens is 2. The van der Waals surface area contributed by atoms with Crippen molar-refractivity contribution < 1.29 is 14.7 Å². The number of anilines is 1. The molecule has 0 saturated carbocycles. The third-order valence-electron chi connectivity index (χ3n) is 2.19. The molecule has 0 heterocycles. The van der Waals surface area contributed by atoms with Crippen molar-refractivity contribution in [3.8, 4) is 0 Å². The van der Waals surface area contributed by atoms with Gasteiger partial charge in [0.05, 0.1) is 10.7 Å². The number of hydrogen-bond donors (Lipinski definition) is 3. The third-order valence-corrected chi connectivity index (χ3v) is 3.01. The highest BCUT2D eigenvalue weighted by Gasteiger charge is 2.17. The molecule has 1 unspecified atom stereocenters. The Morgan fingerprint density at radius 1 is 1.50 bits per heavy atom. The van der Waals surface area contributed by atoms with Crippen LogP contribution in [0.15, 0.2) is 22.7 Å². The number of nitrogens with one attached hydrogen (secondary N) is 2. The van der Waals surface area contributed by atoms with Gasteiger partial charge < -0.3 is 15.7 Å². The fourth-order valence-corrected chi connectivity index (χ4v) is 1.77. The Labute approximate surface area is 118 Å². The van der Waals surface area contributed by atoms with Crippen molar-refractivity contribution in [3.63, 3.8) is 0 Å². The number of urea groups is 1. The van der Waals surface area contributed by atoms with Gasteiger partial charge in [-0.1, -0.05) is 34.5 Å². The van der Waals surface area contributed by atoms with E-state index in [1.165, 1.54) is 0 Å². The summed E-state index contributed by atoms with van der Waals surface area (Å²) in [4.78, 5) is 22.4. The molecule has 0 bridgehead atoms. The number of carboxylic acids is 1. The van der Waals surface area contributed by atoms with Gasteiger partial charge in [0, 0.05) is 4.47 Å². The summed E-state index contributed by atoms with van der Waals surface area (Å²) in [6.45, 7) is 1.67. The summed E-state index contributed by atoms with van der Waals surface area (Å²) in [5, 5.41) is 14.0. The molecule has 7 heteroatoms. The molecule has 2 amide bonds. The van der Waals surface area contributed by atoms with Gasteiger partial charge in [0.15, 0.2) is 0 Å². The van der Waals surface area contributed by atoms with E-state index < -0.39 is 18.0 Å². The van der Waals surface area contributed by atoms with E-state index in [0.717, 1.165) is 4.47 Å². The smallest absolute Gasteiger partial charge is 0.326 e. The average molecular weight is 336 g/mol. The molecule has 1 atom stereocenters. The predicted octanol–water partition coefficient (Wildman–Crippen LogP) is 3.09. The van der Waals surface area contributed by atoms with E-state index >= 15 is 0 Å². The van der Waals surface area contributed by atoms with Gasteiger partial charge in [-0.15, -0.1) is 0 Å². The van der Waals surface area contributed by atoms with Crippen LogP contribution in [0.1, 0.15) is 13.3 Å². The first-order chi connectivity index (χ1) is 8.43. The predicted molar refractivity (Wildman–Crippen MR) is 73.0 cm³/mol. The Balaban J connectivity index is 2.70. The van der Waals surface area contributed by atoms with Crippen LogP contribution in [0.25, 0.3) is 0 Å². The molecule has 0 spiro atoms. The second-order valence-corrected chi connectivity index (χ2v) is 4.84. The maximum atomic E-state index is 11.6. The fourth-order valence-electron chi connectivity index (χ4n) is 1.25. The zero-order chi connectivity index (χ0) is 13.7. The molecule has 0 aliphatic carbocycles. The van der Waals surface area contributed by atoms with E-state index in [-0.39, 0.29) is 0 Å². The van der Waals surface area contributed by atoms with Gasteiger partial charge in [-0.2, -0.15) is 0 Å². The zero-order valence-electron chi connectivity index (χ0n) is 9.54. The normalized spacial score (nSPS) is 11.7. The summed E-state index contributed by atoms with van der Waals surface area (Å²) in [6.07, 6.45) is 0.301. The molecule has 98 valence electrons. The summed E-state index contributed by atoms with van der Waals surface area (Å²) in [5.74, 6) is -1.08. The van der Waals surface area contributed by atoms with E-state index in [1.807, 2.05) is 0 Å². The molecule has 0 aromatic heterocycles. The molecule has 0 aliphatic heterocycles. The number of benzene rings is 1. The lowest BCUT2D eigenvalue weighted by atomic mass is 10.2. The monoisotopic (exact) mass is 334 g/mol. The minimum absolute atomic E-state index is 0.301. The van der Waals surface area contributed by atoms with Crippen molar-refractivity contribution in [1.29, 1.82) is 0 Å². The number of carbonyl (C=O) groups excluding carboxylic acids is 1. The highest BCUT2D eigenvalue weighted by atomic mass is 79.9. The van der Waals surface area contributed by atoms with E-state index in [2.05, 4.69) is 26.6 Å². The summed E-state index contributed by atoms with van der Waals surface area (Å²) >= 11 is 9.14. The summed E-state index contributed by atoms with van der Waals surface area (Å²) in [6, 6.07) is 3.46. The van der Waals surface area contributed by atoms with Crippen LogP contribution in [0.4, 0.5) is 10.5 Å². The first kappa shape index (κ1) is 14.8. The third kappa shape index (κ3) is 4.19. The van der Waals surface area contributed by atoms with Crippen molar-refractivity contribution in [2.24, 2.45) is 0 Å². The molecule has 0 aliphatic rings. The Kier molecular flexibility index (Phi) is 5.43. The topological polar surface area (TPSA) is 78.4 Å². The van der Waals surface area contributed by atoms with E-state index in [4.69, 9.17) is 16.7 Å². The van der Waals surface area contributed by atoms with Crippen LogP contribution >= 0.6 is 27.5 Å². The van der Waals surface area contributed by atoms with E-state index in [1.54, 1.807) is 25.1 Å². The number of hydrogen-bond acceptors (Lipinski definition) is 2. The van der Waals surface area contributed by atoms with Crippen molar-refractivity contribution in [3.05, 3.63) is 27.7 Å². The summed E-state index contributed by atoms with van der Waals surface area (Å²) in [7, 11) is 0. The molecule has 1 aromatic carbocycles. The highest BCUT2D eigenvalue weighted by molar-refractivity contribution is 9.10. The minimum atomic E-state index is -1.08. The first-order valence-electron chi connectivity index (χ1n) is 5.19. The SMILES string of the molecule is CCC(NC(=O)Nc1cc(Br)ccc1Cl)C(=O)O. The van der Waals surface area contributed by atoms with Gasteiger partial charge in [0.1, 0.15) is 6.04 Å². The highest BCUT2D eigenvalue weighted by Crippen LogP contribution is 2.25. The average Bonchev–Trinajstić information content (AvgIpc) is 2.30. The number of carboxylic acid groups (broad SMARTS) is 1. The molecule has 5 nitrogen and oxygen atoms in total. The molecule has 0 fully saturated rings. The van der Waals surface area contributed by atoms with Crippen molar-refractivity contribution in [2.45, 2.75) is 19.4 Å². The Morgan fingerprint density at radius 3 is 2.72 bits per heavy atom. The van der Waals surface area contributed by atoms with Crippen molar-refractivity contribution in [2.75, 3.05) is 5.32 Å². The van der Waals surface area contributed by atoms with Crippen LogP contribution in [0, 0.1) is 0 Å². The molecule has 0 radical (unpaired) electrons. The van der Waals surface area contributed by atoms with Crippen LogP contribution < -0.4 is 10.6 Å². The van der Waals surface area contributed by atoms with Gasteiger partial charge in [0.25, 0.3) is 0 Å². The largest absolute Gasteiger partial charge is 0.480 e. The molecule has 1 rings (SSSR count). The standard InChI is InChI=1S/C11H12BrClN2O3/c1-2-8(10(16)17)14-11(18)15-9-5-6(12)3-4-7(9)13/h3-5,8H,2H2,1H3,(H,16,17)(H2,14,15,18). The van der Waals surface area contributed by atoms with Crippen molar-refractivity contribution >= 4 is 45.2 Å². The molecule has 18 heavy (non-hydrogen) atoms. The fraction of sp³-hybridized carbons (Fsp3) is 0.273. The second kappa shape index (κ2) is 6.61. The van der Waals surface area contributed by atoms with Gasteiger partial charge >= 0.3 is 12.0 Å². The summed E-state index contributed by atoms with van der Waals surface area (Å²) < 4.78 is 0.757. The molecular formula is C11H12BrClN2O3. The zero-order valence-corrected chi connectivity index (χ0v) is 11.9. The Hall–Kier alpha value is -1.27. The van der Waals surface area contributed by atoms with Crippen LogP contribution in [-0.4, -0.2) is 23.1 Å². The first-order valence-corrected chi connectivity index (χ1v) is 6.36. The molecule has 0 saturated heterocycles. The lowest BCUT2D eigenvalue weighted by Gasteiger charge is -2.14. The minimum Gasteiger partial charge on any atom is -0.480 e. The lowest BCUT2D eigenvalue weighted by Crippen LogP contribution is -2.42. The Morgan fingerprint density at radius 2 is 2.17 bits per heavy atom. The van der Waals surface area contributed by atoms with Gasteiger partial charge in [-0.3, -0.25) is 0 Å². The number of amides is 2. The lowest BCUT2D eigenvalue weighted by molar-refractivity contribution is -0.139.